The molecule has 31 heavy (non-hydrogen) atoms. The van der Waals surface area contributed by atoms with Crippen molar-refractivity contribution in [1.29, 1.82) is 0 Å². The lowest BCUT2D eigenvalue weighted by Gasteiger charge is -2.29. The summed E-state index contributed by atoms with van der Waals surface area (Å²) in [5.74, 6) is 0.943. The molecule has 0 heterocycles. The first kappa shape index (κ1) is 21.4. The summed E-state index contributed by atoms with van der Waals surface area (Å²) in [7, 11) is -0.398. The summed E-state index contributed by atoms with van der Waals surface area (Å²) in [6.07, 6.45) is 2.17. The molecule has 0 aliphatic rings. The summed E-state index contributed by atoms with van der Waals surface area (Å²) in [6, 6.07) is 43.2. The zero-order chi connectivity index (χ0) is 21.5. The predicted octanol–water partition coefficient (Wildman–Crippen LogP) is 6.32. The van der Waals surface area contributed by atoms with Gasteiger partial charge in [-0.05, 0) is 42.7 Å². The van der Waals surface area contributed by atoms with Crippen molar-refractivity contribution in [1.82, 2.24) is 0 Å². The quantitative estimate of drug-likeness (QED) is 0.245. The molecular formula is C28H26OPS+. The first-order chi connectivity index (χ1) is 15.3. The van der Waals surface area contributed by atoms with Crippen LogP contribution in [0.1, 0.15) is 5.56 Å². The molecule has 4 rings (SSSR count). The van der Waals surface area contributed by atoms with E-state index in [0.717, 1.165) is 11.3 Å². The van der Waals surface area contributed by atoms with Gasteiger partial charge in [0.2, 0.25) is 0 Å². The monoisotopic (exact) mass is 441 g/mol. The van der Waals surface area contributed by atoms with E-state index in [0.29, 0.717) is 0 Å². The van der Waals surface area contributed by atoms with Crippen LogP contribution in [0.2, 0.25) is 0 Å². The van der Waals surface area contributed by atoms with Crippen molar-refractivity contribution >= 4 is 40.7 Å². The molecule has 0 aliphatic heterocycles. The van der Waals surface area contributed by atoms with Crippen molar-refractivity contribution in [2.24, 2.45) is 0 Å². The largest absolute Gasteiger partial charge is 0.491 e. The Morgan fingerprint density at radius 1 is 0.581 bits per heavy atom. The van der Waals surface area contributed by atoms with Crippen LogP contribution in [-0.2, 0) is 4.74 Å². The van der Waals surface area contributed by atoms with Gasteiger partial charge in [-0.3, -0.25) is 0 Å². The minimum absolute atomic E-state index is 0.943. The normalized spacial score (nSPS) is 12.2. The van der Waals surface area contributed by atoms with E-state index >= 15 is 0 Å². The fourth-order valence-electron chi connectivity index (χ4n) is 4.05. The SMILES string of the molecule is CO/C(=C(\SC)[P+](c1ccccc1)(c1ccccc1)c1ccccc1)c1ccccc1. The molecule has 0 atom stereocenters. The van der Waals surface area contributed by atoms with Gasteiger partial charge in [-0.1, -0.05) is 96.7 Å². The molecule has 1 nitrogen and oxygen atoms in total. The number of hydrogen-bond acceptors (Lipinski definition) is 2. The minimum Gasteiger partial charge on any atom is -0.491 e. The van der Waals surface area contributed by atoms with Gasteiger partial charge in [-0.15, -0.1) is 0 Å². The van der Waals surface area contributed by atoms with E-state index in [1.165, 1.54) is 20.6 Å². The van der Waals surface area contributed by atoms with E-state index in [1.54, 1.807) is 18.9 Å². The highest BCUT2D eigenvalue weighted by atomic mass is 32.2. The third kappa shape index (κ3) is 4.06. The Morgan fingerprint density at radius 3 is 1.26 bits per heavy atom. The Bertz CT molecular complexity index is 1030. The molecule has 0 saturated carbocycles. The second-order valence-corrected chi connectivity index (χ2v) is 11.5. The maximum Gasteiger partial charge on any atom is 0.184 e. The van der Waals surface area contributed by atoms with Crippen LogP contribution in [0.5, 0.6) is 0 Å². The van der Waals surface area contributed by atoms with E-state index in [4.69, 9.17) is 4.74 Å². The number of thioether (sulfide) groups is 1. The van der Waals surface area contributed by atoms with E-state index in [9.17, 15) is 0 Å². The predicted molar refractivity (Wildman–Crippen MR) is 139 cm³/mol. The van der Waals surface area contributed by atoms with Crippen molar-refractivity contribution in [2.45, 2.75) is 0 Å². The molecule has 0 amide bonds. The Hall–Kier alpha value is -2.80. The van der Waals surface area contributed by atoms with Crippen LogP contribution in [-0.4, -0.2) is 13.4 Å². The van der Waals surface area contributed by atoms with Gasteiger partial charge < -0.3 is 4.74 Å². The van der Waals surface area contributed by atoms with Crippen LogP contribution in [0.4, 0.5) is 0 Å². The van der Waals surface area contributed by atoms with Crippen LogP contribution in [0.25, 0.3) is 5.76 Å². The fraction of sp³-hybridized carbons (Fsp3) is 0.0714. The molecule has 0 bridgehead atoms. The van der Waals surface area contributed by atoms with E-state index < -0.39 is 7.26 Å². The molecular weight excluding hydrogens is 415 g/mol. The Morgan fingerprint density at radius 2 is 0.935 bits per heavy atom. The number of ether oxygens (including phenoxy) is 1. The molecule has 4 aromatic rings. The van der Waals surface area contributed by atoms with Crippen molar-refractivity contribution in [3.63, 3.8) is 0 Å². The third-order valence-electron chi connectivity index (χ3n) is 5.36. The van der Waals surface area contributed by atoms with Crippen LogP contribution in [0.15, 0.2) is 126 Å². The van der Waals surface area contributed by atoms with Gasteiger partial charge in [-0.2, -0.15) is 0 Å². The van der Waals surface area contributed by atoms with Gasteiger partial charge in [0, 0.05) is 5.56 Å². The van der Waals surface area contributed by atoms with Crippen molar-refractivity contribution in [3.8, 4) is 0 Å². The molecule has 0 radical (unpaired) electrons. The lowest BCUT2D eigenvalue weighted by molar-refractivity contribution is 0.370. The molecule has 0 aliphatic carbocycles. The van der Waals surface area contributed by atoms with Crippen LogP contribution in [0.3, 0.4) is 0 Å². The van der Waals surface area contributed by atoms with Crippen LogP contribution >= 0.6 is 19.0 Å². The number of rotatable bonds is 7. The second-order valence-electron chi connectivity index (χ2n) is 7.09. The molecule has 0 N–H and O–H groups in total. The number of hydrogen-bond donors (Lipinski definition) is 0. The summed E-state index contributed by atoms with van der Waals surface area (Å²) < 4.78 is 7.41. The zero-order valence-corrected chi connectivity index (χ0v) is 19.5. The van der Waals surface area contributed by atoms with Gasteiger partial charge in [0.25, 0.3) is 0 Å². The van der Waals surface area contributed by atoms with Gasteiger partial charge in [0.05, 0.1) is 7.11 Å². The molecule has 0 saturated heterocycles. The lowest BCUT2D eigenvalue weighted by atomic mass is 10.2. The molecule has 4 aromatic carbocycles. The topological polar surface area (TPSA) is 9.23 Å². The van der Waals surface area contributed by atoms with Crippen molar-refractivity contribution < 1.29 is 4.74 Å². The summed E-state index contributed by atoms with van der Waals surface area (Å²) in [6.45, 7) is 0. The first-order valence-corrected chi connectivity index (χ1v) is 13.3. The molecule has 3 heteroatoms. The summed E-state index contributed by atoms with van der Waals surface area (Å²) >= 11 is 1.79. The first-order valence-electron chi connectivity index (χ1n) is 10.3. The lowest BCUT2D eigenvalue weighted by Crippen LogP contribution is -2.32. The summed E-state index contributed by atoms with van der Waals surface area (Å²) in [5.41, 5.74) is 1.10. The van der Waals surface area contributed by atoms with Crippen LogP contribution in [0, 0.1) is 0 Å². The molecule has 154 valence electrons. The zero-order valence-electron chi connectivity index (χ0n) is 17.8. The third-order valence-corrected chi connectivity index (χ3v) is 11.3. The fourth-order valence-corrected chi connectivity index (χ4v) is 10.5. The minimum atomic E-state index is -2.18. The summed E-state index contributed by atoms with van der Waals surface area (Å²) in [4.78, 5) is 0. The maximum atomic E-state index is 6.15. The second kappa shape index (κ2) is 10.0. The van der Waals surface area contributed by atoms with Crippen LogP contribution < -0.4 is 15.9 Å². The smallest absolute Gasteiger partial charge is 0.184 e. The van der Waals surface area contributed by atoms with Crippen molar-refractivity contribution in [3.05, 3.63) is 132 Å². The Labute approximate surface area is 190 Å². The highest BCUT2D eigenvalue weighted by Crippen LogP contribution is 2.67. The average Bonchev–Trinajstić information content (AvgIpc) is 2.86. The highest BCUT2D eigenvalue weighted by molar-refractivity contribution is 8.19. The van der Waals surface area contributed by atoms with E-state index in [1.807, 2.05) is 6.07 Å². The molecule has 0 unspecified atom stereocenters. The number of benzene rings is 4. The Balaban J connectivity index is 2.17. The maximum absolute atomic E-state index is 6.15. The number of methoxy groups -OCH3 is 1. The highest BCUT2D eigenvalue weighted by Gasteiger charge is 2.51. The molecule has 0 spiro atoms. The van der Waals surface area contributed by atoms with Gasteiger partial charge >= 0.3 is 0 Å². The molecule has 0 fully saturated rings. The van der Waals surface area contributed by atoms with Gasteiger partial charge in [0.1, 0.15) is 15.9 Å². The van der Waals surface area contributed by atoms with Crippen molar-refractivity contribution in [2.75, 3.05) is 13.4 Å². The average molecular weight is 442 g/mol. The van der Waals surface area contributed by atoms with E-state index in [-0.39, 0.29) is 0 Å². The summed E-state index contributed by atoms with van der Waals surface area (Å²) in [5, 5.41) is 3.96. The van der Waals surface area contributed by atoms with Gasteiger partial charge in [-0.25, -0.2) is 0 Å². The standard InChI is InChI=1S/C28H26OPS/c1-29-27(23-15-7-3-8-16-23)28(31-2)30(24-17-9-4-10-18-24,25-19-11-5-12-20-25)26-21-13-6-14-22-26/h3-22H,1-2H3/q+1/b28-27-. The van der Waals surface area contributed by atoms with E-state index in [2.05, 4.69) is 122 Å². The molecule has 0 aromatic heterocycles. The van der Waals surface area contributed by atoms with Gasteiger partial charge in [0.15, 0.2) is 17.7 Å². The Kier molecular flexibility index (Phi) is 6.92.